The second-order valence-corrected chi connectivity index (χ2v) is 3.88. The summed E-state index contributed by atoms with van der Waals surface area (Å²) in [5.41, 5.74) is 0.742. The number of aromatic nitrogens is 2. The van der Waals surface area contributed by atoms with E-state index < -0.39 is 5.97 Å². The zero-order valence-electron chi connectivity index (χ0n) is 8.34. The maximum atomic E-state index is 10.3. The van der Waals surface area contributed by atoms with Gasteiger partial charge in [0, 0.05) is 0 Å². The summed E-state index contributed by atoms with van der Waals surface area (Å²) in [4.78, 5) is 14.4. The molecule has 16 heavy (non-hydrogen) atoms. The zero-order valence-corrected chi connectivity index (χ0v) is 9.15. The molecule has 0 bridgehead atoms. The van der Waals surface area contributed by atoms with Crippen molar-refractivity contribution in [1.29, 1.82) is 0 Å². The summed E-state index contributed by atoms with van der Waals surface area (Å²) in [7, 11) is 0. The molecule has 0 saturated carbocycles. The van der Waals surface area contributed by atoms with Gasteiger partial charge in [0.15, 0.2) is 0 Å². The number of hydrogen-bond acceptors (Lipinski definition) is 6. The molecule has 0 spiro atoms. The Morgan fingerprint density at radius 2 is 2.44 bits per heavy atom. The molecule has 7 heteroatoms. The number of carboxylic acid groups (broad SMARTS) is 1. The molecule has 0 atom stereocenters. The molecule has 0 amide bonds. The molecule has 0 saturated heterocycles. The van der Waals surface area contributed by atoms with E-state index in [1.54, 1.807) is 13.0 Å². The molecule has 2 aromatic rings. The molecule has 2 rings (SSSR count). The Morgan fingerprint density at radius 1 is 1.62 bits per heavy atom. The highest BCUT2D eigenvalue weighted by atomic mass is 32.2. The molecular weight excluding hydrogens is 232 g/mol. The molecule has 1 N–H and O–H groups in total. The van der Waals surface area contributed by atoms with Gasteiger partial charge in [-0.25, -0.2) is 0 Å². The molecule has 84 valence electrons. The quantitative estimate of drug-likeness (QED) is 0.815. The van der Waals surface area contributed by atoms with Crippen LogP contribution in [0.3, 0.4) is 0 Å². The number of carbonyl (C=O) groups is 1. The van der Waals surface area contributed by atoms with Crippen LogP contribution >= 0.6 is 11.8 Å². The summed E-state index contributed by atoms with van der Waals surface area (Å²) in [6.07, 6.45) is 1.53. The van der Waals surface area contributed by atoms with Crippen LogP contribution in [-0.4, -0.2) is 27.0 Å². The Kier molecular flexibility index (Phi) is 2.95. The van der Waals surface area contributed by atoms with Crippen LogP contribution in [-0.2, 0) is 4.79 Å². The van der Waals surface area contributed by atoms with E-state index in [0.717, 1.165) is 17.3 Å². The average Bonchev–Trinajstić information content (AvgIpc) is 2.83. The van der Waals surface area contributed by atoms with Crippen LogP contribution in [0.25, 0.3) is 11.4 Å². The molecule has 6 nitrogen and oxygen atoms in total. The second-order valence-electron chi connectivity index (χ2n) is 2.96. The minimum Gasteiger partial charge on any atom is -0.481 e. The lowest BCUT2D eigenvalue weighted by Crippen LogP contribution is -1.97. The smallest absolute Gasteiger partial charge is 0.314 e. The largest absolute Gasteiger partial charge is 0.481 e. The fraction of sp³-hybridized carbons (Fsp3) is 0.222. The number of furan rings is 1. The van der Waals surface area contributed by atoms with Crippen LogP contribution in [0.1, 0.15) is 5.76 Å². The van der Waals surface area contributed by atoms with Gasteiger partial charge in [-0.1, -0.05) is 16.9 Å². The topological polar surface area (TPSA) is 89.4 Å². The Balaban J connectivity index is 2.14. The second kappa shape index (κ2) is 4.40. The monoisotopic (exact) mass is 240 g/mol. The highest BCUT2D eigenvalue weighted by Crippen LogP contribution is 2.24. The van der Waals surface area contributed by atoms with Crippen molar-refractivity contribution in [3.8, 4) is 11.4 Å². The maximum Gasteiger partial charge on any atom is 0.314 e. The summed E-state index contributed by atoms with van der Waals surface area (Å²) < 4.78 is 9.99. The van der Waals surface area contributed by atoms with Gasteiger partial charge >= 0.3 is 5.97 Å². The van der Waals surface area contributed by atoms with E-state index in [4.69, 9.17) is 14.0 Å². The lowest BCUT2D eigenvalue weighted by atomic mass is 10.2. The van der Waals surface area contributed by atoms with Crippen LogP contribution in [0, 0.1) is 6.92 Å². The van der Waals surface area contributed by atoms with Crippen LogP contribution in [0.5, 0.6) is 0 Å². The van der Waals surface area contributed by atoms with E-state index in [0.29, 0.717) is 11.6 Å². The van der Waals surface area contributed by atoms with Gasteiger partial charge in [-0.2, -0.15) is 4.98 Å². The fourth-order valence-electron chi connectivity index (χ4n) is 1.12. The molecule has 0 fully saturated rings. The van der Waals surface area contributed by atoms with Crippen LogP contribution in [0.2, 0.25) is 0 Å². The van der Waals surface area contributed by atoms with E-state index in [1.165, 1.54) is 6.26 Å². The van der Waals surface area contributed by atoms with Crippen molar-refractivity contribution in [2.75, 3.05) is 5.75 Å². The molecule has 0 aromatic carbocycles. The van der Waals surface area contributed by atoms with Crippen molar-refractivity contribution in [3.63, 3.8) is 0 Å². The third kappa shape index (κ3) is 2.25. The molecular formula is C9H8N2O4S. The van der Waals surface area contributed by atoms with E-state index in [1.807, 2.05) is 0 Å². The first-order valence-electron chi connectivity index (χ1n) is 4.39. The normalized spacial score (nSPS) is 10.6. The standard InChI is InChI=1S/C9H8N2O4S/c1-5-6(2-3-14-5)8-10-9(15-11-8)16-4-7(12)13/h2-3H,4H2,1H3,(H,12,13). The predicted molar refractivity (Wildman–Crippen MR) is 55.1 cm³/mol. The van der Waals surface area contributed by atoms with Gasteiger partial charge in [-0.15, -0.1) is 0 Å². The molecule has 0 aliphatic rings. The van der Waals surface area contributed by atoms with Gasteiger partial charge < -0.3 is 14.0 Å². The van der Waals surface area contributed by atoms with Crippen molar-refractivity contribution in [2.45, 2.75) is 12.1 Å². The SMILES string of the molecule is Cc1occc1-c1noc(SCC(=O)O)n1. The van der Waals surface area contributed by atoms with E-state index in [2.05, 4.69) is 10.1 Å². The molecule has 0 aliphatic heterocycles. The first-order chi connectivity index (χ1) is 7.66. The van der Waals surface area contributed by atoms with Gasteiger partial charge in [0.1, 0.15) is 11.5 Å². The van der Waals surface area contributed by atoms with Gasteiger partial charge in [-0.3, -0.25) is 4.79 Å². The van der Waals surface area contributed by atoms with Crippen molar-refractivity contribution in [2.24, 2.45) is 0 Å². The third-order valence-electron chi connectivity index (χ3n) is 1.83. The molecule has 0 radical (unpaired) electrons. The molecule has 0 unspecified atom stereocenters. The number of thioether (sulfide) groups is 1. The van der Waals surface area contributed by atoms with Crippen molar-refractivity contribution in [3.05, 3.63) is 18.1 Å². The van der Waals surface area contributed by atoms with E-state index in [-0.39, 0.29) is 11.0 Å². The minimum absolute atomic E-state index is 0.105. The van der Waals surface area contributed by atoms with Crippen molar-refractivity contribution < 1.29 is 18.8 Å². The third-order valence-corrected chi connectivity index (χ3v) is 2.63. The highest BCUT2D eigenvalue weighted by Gasteiger charge is 2.13. The lowest BCUT2D eigenvalue weighted by Gasteiger charge is -1.88. The summed E-state index contributed by atoms with van der Waals surface area (Å²) >= 11 is 0.982. The van der Waals surface area contributed by atoms with Crippen LogP contribution in [0.4, 0.5) is 0 Å². The molecule has 2 aromatic heterocycles. The Hall–Kier alpha value is -1.76. The van der Waals surface area contributed by atoms with Crippen LogP contribution in [0.15, 0.2) is 26.5 Å². The van der Waals surface area contributed by atoms with Crippen LogP contribution < -0.4 is 0 Å². The summed E-state index contributed by atoms with van der Waals surface area (Å²) in [5.74, 6) is 0.0606. The van der Waals surface area contributed by atoms with Gasteiger partial charge in [0.25, 0.3) is 5.22 Å². The first-order valence-corrected chi connectivity index (χ1v) is 5.38. The first kappa shape index (κ1) is 10.7. The maximum absolute atomic E-state index is 10.3. The number of nitrogens with zero attached hydrogens (tertiary/aromatic N) is 2. The lowest BCUT2D eigenvalue weighted by molar-refractivity contribution is -0.133. The zero-order chi connectivity index (χ0) is 11.5. The summed E-state index contributed by atoms with van der Waals surface area (Å²) in [5, 5.41) is 12.5. The number of carboxylic acids is 1. The van der Waals surface area contributed by atoms with Crippen molar-refractivity contribution in [1.82, 2.24) is 10.1 Å². The molecule has 2 heterocycles. The summed E-state index contributed by atoms with van der Waals surface area (Å²) in [6.45, 7) is 1.79. The molecule has 0 aliphatic carbocycles. The summed E-state index contributed by atoms with van der Waals surface area (Å²) in [6, 6.07) is 1.73. The van der Waals surface area contributed by atoms with E-state index in [9.17, 15) is 4.79 Å². The highest BCUT2D eigenvalue weighted by molar-refractivity contribution is 7.99. The fourth-order valence-corrected chi connectivity index (χ4v) is 1.61. The van der Waals surface area contributed by atoms with E-state index >= 15 is 0 Å². The van der Waals surface area contributed by atoms with Crippen molar-refractivity contribution >= 4 is 17.7 Å². The van der Waals surface area contributed by atoms with Gasteiger partial charge in [0.2, 0.25) is 5.82 Å². The number of rotatable bonds is 4. The Bertz CT molecular complexity index is 505. The predicted octanol–water partition coefficient (Wildman–Crippen LogP) is 1.81. The van der Waals surface area contributed by atoms with Gasteiger partial charge in [0.05, 0.1) is 11.8 Å². The number of aliphatic carboxylic acids is 1. The number of aryl methyl sites for hydroxylation is 1. The Morgan fingerprint density at radius 3 is 3.06 bits per heavy atom. The Labute approximate surface area is 94.6 Å². The minimum atomic E-state index is -0.927. The average molecular weight is 240 g/mol. The van der Waals surface area contributed by atoms with Gasteiger partial charge in [-0.05, 0) is 13.0 Å². The number of hydrogen-bond donors (Lipinski definition) is 1.